The fourth-order valence-corrected chi connectivity index (χ4v) is 2.08. The van der Waals surface area contributed by atoms with E-state index in [1.54, 1.807) is 0 Å². The molecule has 0 aliphatic carbocycles. The molecule has 0 spiro atoms. The van der Waals surface area contributed by atoms with Crippen LogP contribution in [-0.2, 0) is 11.2 Å². The molecular weight excluding hydrogens is 222 g/mol. The predicted molar refractivity (Wildman–Crippen MR) is 76.2 cm³/mol. The van der Waals surface area contributed by atoms with Gasteiger partial charge in [0.05, 0.1) is 6.04 Å². The van der Waals surface area contributed by atoms with E-state index < -0.39 is 0 Å². The lowest BCUT2D eigenvalue weighted by atomic mass is 10.1. The molecule has 2 nitrogen and oxygen atoms in total. The van der Waals surface area contributed by atoms with Crippen LogP contribution in [0, 0.1) is 5.92 Å². The highest BCUT2D eigenvalue weighted by Crippen LogP contribution is 2.18. The Morgan fingerprint density at radius 2 is 2.00 bits per heavy atom. The van der Waals surface area contributed by atoms with Gasteiger partial charge in [0, 0.05) is 5.56 Å². The SMILES string of the molecule is CCCCc1ccc(C2=N[C@@H](C(C)C)CO2)cc1. The third-order valence-electron chi connectivity index (χ3n) is 3.46. The van der Waals surface area contributed by atoms with Gasteiger partial charge in [0.25, 0.3) is 0 Å². The van der Waals surface area contributed by atoms with Gasteiger partial charge in [0.1, 0.15) is 6.61 Å². The molecule has 1 heterocycles. The highest BCUT2D eigenvalue weighted by Gasteiger charge is 2.22. The van der Waals surface area contributed by atoms with Crippen molar-refractivity contribution in [2.75, 3.05) is 6.61 Å². The predicted octanol–water partition coefficient (Wildman–Crippen LogP) is 3.83. The molecule has 2 heteroatoms. The van der Waals surface area contributed by atoms with E-state index in [1.807, 2.05) is 0 Å². The molecule has 0 bridgehead atoms. The van der Waals surface area contributed by atoms with E-state index in [1.165, 1.54) is 24.8 Å². The summed E-state index contributed by atoms with van der Waals surface area (Å²) >= 11 is 0. The molecule has 0 radical (unpaired) electrons. The van der Waals surface area contributed by atoms with Crippen molar-refractivity contribution in [3.05, 3.63) is 35.4 Å². The molecule has 18 heavy (non-hydrogen) atoms. The molecule has 0 unspecified atom stereocenters. The van der Waals surface area contributed by atoms with E-state index in [2.05, 4.69) is 50.0 Å². The van der Waals surface area contributed by atoms with Crippen molar-refractivity contribution in [1.29, 1.82) is 0 Å². The Hall–Kier alpha value is -1.31. The van der Waals surface area contributed by atoms with Crippen molar-refractivity contribution in [3.63, 3.8) is 0 Å². The smallest absolute Gasteiger partial charge is 0.216 e. The molecule has 1 aromatic carbocycles. The number of unbranched alkanes of at least 4 members (excludes halogenated alkanes) is 1. The first kappa shape index (κ1) is 13.1. The van der Waals surface area contributed by atoms with Crippen molar-refractivity contribution in [1.82, 2.24) is 0 Å². The normalized spacial score (nSPS) is 18.9. The standard InChI is InChI=1S/C16H23NO/c1-4-5-6-13-7-9-14(10-8-13)16-17-15(11-18-16)12(2)3/h7-10,12,15H,4-6,11H2,1-3H3/t15-/m1/s1. The van der Waals surface area contributed by atoms with Gasteiger partial charge in [-0.3, -0.25) is 0 Å². The molecule has 0 aromatic heterocycles. The van der Waals surface area contributed by atoms with Crippen LogP contribution in [0.5, 0.6) is 0 Å². The summed E-state index contributed by atoms with van der Waals surface area (Å²) in [7, 11) is 0. The summed E-state index contributed by atoms with van der Waals surface area (Å²) < 4.78 is 5.68. The fourth-order valence-electron chi connectivity index (χ4n) is 2.08. The number of aliphatic imine (C=N–C) groups is 1. The molecule has 98 valence electrons. The van der Waals surface area contributed by atoms with Crippen molar-refractivity contribution < 1.29 is 4.74 Å². The minimum Gasteiger partial charge on any atom is -0.475 e. The van der Waals surface area contributed by atoms with Gasteiger partial charge in [0.15, 0.2) is 0 Å². The molecule has 0 N–H and O–H groups in total. The van der Waals surface area contributed by atoms with Crippen molar-refractivity contribution in [2.45, 2.75) is 46.1 Å². The van der Waals surface area contributed by atoms with E-state index in [0.717, 1.165) is 18.1 Å². The summed E-state index contributed by atoms with van der Waals surface area (Å²) in [6.45, 7) is 7.33. The summed E-state index contributed by atoms with van der Waals surface area (Å²) in [6.07, 6.45) is 3.67. The Kier molecular flexibility index (Phi) is 4.40. The molecule has 1 aromatic rings. The van der Waals surface area contributed by atoms with Crippen molar-refractivity contribution >= 4 is 5.90 Å². The average Bonchev–Trinajstić information content (AvgIpc) is 2.87. The molecule has 0 amide bonds. The van der Waals surface area contributed by atoms with Crippen LogP contribution in [0.4, 0.5) is 0 Å². The second-order valence-electron chi connectivity index (χ2n) is 5.36. The molecule has 1 atom stereocenters. The molecular formula is C16H23NO. The van der Waals surface area contributed by atoms with E-state index >= 15 is 0 Å². The van der Waals surface area contributed by atoms with Crippen LogP contribution in [0.25, 0.3) is 0 Å². The van der Waals surface area contributed by atoms with E-state index in [9.17, 15) is 0 Å². The van der Waals surface area contributed by atoms with E-state index in [-0.39, 0.29) is 0 Å². The second-order valence-corrected chi connectivity index (χ2v) is 5.36. The lowest BCUT2D eigenvalue weighted by Gasteiger charge is -2.06. The Bertz CT molecular complexity index is 406. The highest BCUT2D eigenvalue weighted by molar-refractivity contribution is 5.95. The van der Waals surface area contributed by atoms with Gasteiger partial charge in [-0.15, -0.1) is 0 Å². The van der Waals surface area contributed by atoms with Gasteiger partial charge in [-0.2, -0.15) is 0 Å². The van der Waals surface area contributed by atoms with Gasteiger partial charge >= 0.3 is 0 Å². The lowest BCUT2D eigenvalue weighted by molar-refractivity contribution is 0.292. The minimum atomic E-state index is 0.319. The summed E-state index contributed by atoms with van der Waals surface area (Å²) in [4.78, 5) is 4.64. The zero-order valence-corrected chi connectivity index (χ0v) is 11.6. The van der Waals surface area contributed by atoms with Gasteiger partial charge in [0.2, 0.25) is 5.90 Å². The number of aryl methyl sites for hydroxylation is 1. The lowest BCUT2D eigenvalue weighted by Crippen LogP contribution is -2.13. The highest BCUT2D eigenvalue weighted by atomic mass is 16.5. The Morgan fingerprint density at radius 1 is 1.28 bits per heavy atom. The zero-order chi connectivity index (χ0) is 13.0. The van der Waals surface area contributed by atoms with Crippen LogP contribution < -0.4 is 0 Å². The summed E-state index contributed by atoms with van der Waals surface area (Å²) in [5.41, 5.74) is 2.51. The minimum absolute atomic E-state index is 0.319. The van der Waals surface area contributed by atoms with Crippen LogP contribution in [0.1, 0.15) is 44.7 Å². The Balaban J connectivity index is 2.04. The quantitative estimate of drug-likeness (QED) is 0.772. The Morgan fingerprint density at radius 3 is 2.56 bits per heavy atom. The number of ether oxygens (including phenoxy) is 1. The van der Waals surface area contributed by atoms with E-state index in [0.29, 0.717) is 12.0 Å². The number of hydrogen-bond acceptors (Lipinski definition) is 2. The maximum atomic E-state index is 5.68. The number of nitrogens with zero attached hydrogens (tertiary/aromatic N) is 1. The molecule has 1 aliphatic rings. The molecule has 0 saturated carbocycles. The summed E-state index contributed by atoms with van der Waals surface area (Å²) in [6, 6.07) is 8.97. The topological polar surface area (TPSA) is 21.6 Å². The molecule has 0 saturated heterocycles. The summed E-state index contributed by atoms with van der Waals surface area (Å²) in [5.74, 6) is 1.36. The summed E-state index contributed by atoms with van der Waals surface area (Å²) in [5, 5.41) is 0. The fraction of sp³-hybridized carbons (Fsp3) is 0.562. The monoisotopic (exact) mass is 245 g/mol. The molecule has 1 aliphatic heterocycles. The van der Waals surface area contributed by atoms with Crippen molar-refractivity contribution in [3.8, 4) is 0 Å². The average molecular weight is 245 g/mol. The Labute approximate surface area is 110 Å². The first-order valence-corrected chi connectivity index (χ1v) is 7.00. The third kappa shape index (κ3) is 3.12. The molecule has 0 fully saturated rings. The van der Waals surface area contributed by atoms with Crippen LogP contribution in [-0.4, -0.2) is 18.5 Å². The first-order chi connectivity index (χ1) is 8.70. The number of benzene rings is 1. The van der Waals surface area contributed by atoms with Crippen LogP contribution in [0.3, 0.4) is 0 Å². The van der Waals surface area contributed by atoms with Gasteiger partial charge in [-0.25, -0.2) is 4.99 Å². The van der Waals surface area contributed by atoms with Gasteiger partial charge in [-0.05, 0) is 36.5 Å². The number of hydrogen-bond donors (Lipinski definition) is 0. The largest absolute Gasteiger partial charge is 0.475 e. The van der Waals surface area contributed by atoms with Crippen molar-refractivity contribution in [2.24, 2.45) is 10.9 Å². The zero-order valence-electron chi connectivity index (χ0n) is 11.6. The maximum Gasteiger partial charge on any atom is 0.216 e. The third-order valence-corrected chi connectivity index (χ3v) is 3.46. The van der Waals surface area contributed by atoms with E-state index in [4.69, 9.17) is 4.74 Å². The van der Waals surface area contributed by atoms with Crippen LogP contribution in [0.15, 0.2) is 29.3 Å². The van der Waals surface area contributed by atoms with Crippen LogP contribution >= 0.6 is 0 Å². The van der Waals surface area contributed by atoms with Crippen LogP contribution in [0.2, 0.25) is 0 Å². The number of rotatable bonds is 5. The second kappa shape index (κ2) is 6.03. The molecule has 2 rings (SSSR count). The van der Waals surface area contributed by atoms with Gasteiger partial charge < -0.3 is 4.74 Å². The maximum absolute atomic E-state index is 5.68. The first-order valence-electron chi connectivity index (χ1n) is 7.00. The van der Waals surface area contributed by atoms with Gasteiger partial charge in [-0.1, -0.05) is 39.3 Å².